The molecule has 0 radical (unpaired) electrons. The van der Waals surface area contributed by atoms with Crippen molar-refractivity contribution in [1.29, 1.82) is 0 Å². The average molecular weight is 246 g/mol. The van der Waals surface area contributed by atoms with Gasteiger partial charge >= 0.3 is 0 Å². The van der Waals surface area contributed by atoms with Gasteiger partial charge in [-0.3, -0.25) is 4.79 Å². The van der Waals surface area contributed by atoms with Crippen molar-refractivity contribution >= 4 is 17.3 Å². The lowest BCUT2D eigenvalue weighted by Gasteiger charge is -2.35. The van der Waals surface area contributed by atoms with Crippen molar-refractivity contribution in [2.75, 3.05) is 17.2 Å². The zero-order valence-electron chi connectivity index (χ0n) is 10.7. The summed E-state index contributed by atoms with van der Waals surface area (Å²) in [5.74, 6) is 0.747. The Morgan fingerprint density at radius 1 is 1.56 bits per heavy atom. The Balaban J connectivity index is 2.46. The summed E-state index contributed by atoms with van der Waals surface area (Å²) in [7, 11) is 0. The third-order valence-electron chi connectivity index (χ3n) is 2.96. The molecule has 18 heavy (non-hydrogen) atoms. The molecule has 4 nitrogen and oxygen atoms in total. The van der Waals surface area contributed by atoms with Gasteiger partial charge in [0.2, 0.25) is 0 Å². The summed E-state index contributed by atoms with van der Waals surface area (Å²) < 4.78 is 5.76. The van der Waals surface area contributed by atoms with Gasteiger partial charge in [-0.2, -0.15) is 0 Å². The van der Waals surface area contributed by atoms with Crippen LogP contribution in [0.1, 0.15) is 13.8 Å². The topological polar surface area (TPSA) is 55.6 Å². The van der Waals surface area contributed by atoms with E-state index in [1.165, 1.54) is 0 Å². The summed E-state index contributed by atoms with van der Waals surface area (Å²) in [6.07, 6.45) is 1.25. The molecular formula is C14H18N2O2. The van der Waals surface area contributed by atoms with E-state index in [1.54, 1.807) is 23.1 Å². The van der Waals surface area contributed by atoms with E-state index in [4.69, 9.17) is 10.5 Å². The first kappa shape index (κ1) is 12.5. The maximum absolute atomic E-state index is 12.3. The fraction of sp³-hybridized carbons (Fsp3) is 0.357. The highest BCUT2D eigenvalue weighted by Crippen LogP contribution is 2.36. The molecule has 0 saturated carbocycles. The molecule has 0 bridgehead atoms. The van der Waals surface area contributed by atoms with Gasteiger partial charge in [-0.05, 0) is 18.1 Å². The standard InChI is InChI=1S/C14H18N2O2/c1-4-7-16-11-6-5-10(15)8-12(11)18-13(9(2)3)14(16)17/h4-6,8-9,13H,1,7,15H2,2-3H3. The zero-order valence-corrected chi connectivity index (χ0v) is 10.7. The average Bonchev–Trinajstić information content (AvgIpc) is 2.32. The summed E-state index contributed by atoms with van der Waals surface area (Å²) in [5, 5.41) is 0. The van der Waals surface area contributed by atoms with Crippen LogP contribution in [0.5, 0.6) is 5.75 Å². The van der Waals surface area contributed by atoms with Crippen molar-refractivity contribution in [3.8, 4) is 5.75 Å². The Morgan fingerprint density at radius 2 is 2.28 bits per heavy atom. The maximum atomic E-state index is 12.3. The quantitative estimate of drug-likeness (QED) is 0.657. The molecule has 0 fully saturated rings. The molecule has 0 saturated heterocycles. The third-order valence-corrected chi connectivity index (χ3v) is 2.96. The van der Waals surface area contributed by atoms with Gasteiger partial charge in [0.25, 0.3) is 5.91 Å². The minimum Gasteiger partial charge on any atom is -0.478 e. The van der Waals surface area contributed by atoms with Gasteiger partial charge in [0, 0.05) is 18.3 Å². The van der Waals surface area contributed by atoms with E-state index in [0.717, 1.165) is 5.69 Å². The van der Waals surface area contributed by atoms with Crippen molar-refractivity contribution in [3.05, 3.63) is 30.9 Å². The van der Waals surface area contributed by atoms with Crippen LogP contribution in [0, 0.1) is 5.92 Å². The van der Waals surface area contributed by atoms with Gasteiger partial charge in [0.05, 0.1) is 5.69 Å². The molecule has 1 heterocycles. The zero-order chi connectivity index (χ0) is 13.3. The Bertz CT molecular complexity index is 483. The summed E-state index contributed by atoms with van der Waals surface area (Å²) >= 11 is 0. The minimum absolute atomic E-state index is 0.0258. The first-order valence-corrected chi connectivity index (χ1v) is 6.03. The normalized spacial score (nSPS) is 18.5. The summed E-state index contributed by atoms with van der Waals surface area (Å²) in [6, 6.07) is 5.33. The molecule has 4 heteroatoms. The Morgan fingerprint density at radius 3 is 2.89 bits per heavy atom. The van der Waals surface area contributed by atoms with E-state index < -0.39 is 6.10 Å². The molecule has 2 rings (SSSR count). The smallest absolute Gasteiger partial charge is 0.268 e. The highest BCUT2D eigenvalue weighted by molar-refractivity contribution is 6.00. The predicted octanol–water partition coefficient (Wildman–Crippen LogP) is 2.20. The number of ether oxygens (including phenoxy) is 1. The van der Waals surface area contributed by atoms with Crippen LogP contribution < -0.4 is 15.4 Å². The second-order valence-electron chi connectivity index (χ2n) is 4.75. The number of nitrogen functional groups attached to an aromatic ring is 1. The van der Waals surface area contributed by atoms with E-state index in [0.29, 0.717) is 18.0 Å². The van der Waals surface area contributed by atoms with E-state index in [1.807, 2.05) is 19.9 Å². The maximum Gasteiger partial charge on any atom is 0.268 e. The molecule has 0 aliphatic carbocycles. The monoisotopic (exact) mass is 246 g/mol. The van der Waals surface area contributed by atoms with Gasteiger partial charge in [-0.1, -0.05) is 19.9 Å². The molecule has 1 aromatic rings. The molecule has 96 valence electrons. The number of rotatable bonds is 3. The number of hydrogen-bond acceptors (Lipinski definition) is 3. The molecule has 1 aliphatic rings. The second-order valence-corrected chi connectivity index (χ2v) is 4.75. The van der Waals surface area contributed by atoms with Gasteiger partial charge in [-0.15, -0.1) is 6.58 Å². The Labute approximate surface area is 107 Å². The third kappa shape index (κ3) is 2.06. The van der Waals surface area contributed by atoms with Gasteiger partial charge in [0.1, 0.15) is 5.75 Å². The van der Waals surface area contributed by atoms with Crippen molar-refractivity contribution in [2.24, 2.45) is 5.92 Å². The van der Waals surface area contributed by atoms with Crippen LogP contribution in [-0.2, 0) is 4.79 Å². The number of nitrogens with zero attached hydrogens (tertiary/aromatic N) is 1. The van der Waals surface area contributed by atoms with Crippen LogP contribution in [-0.4, -0.2) is 18.6 Å². The number of carbonyl (C=O) groups is 1. The molecule has 1 amide bonds. The van der Waals surface area contributed by atoms with Gasteiger partial charge in [0.15, 0.2) is 6.10 Å². The van der Waals surface area contributed by atoms with Gasteiger partial charge in [-0.25, -0.2) is 0 Å². The van der Waals surface area contributed by atoms with Crippen LogP contribution in [0.2, 0.25) is 0 Å². The molecule has 1 atom stereocenters. The summed E-state index contributed by atoms with van der Waals surface area (Å²) in [6.45, 7) is 8.09. The summed E-state index contributed by atoms with van der Waals surface area (Å²) in [4.78, 5) is 14.0. The van der Waals surface area contributed by atoms with Crippen molar-refractivity contribution in [1.82, 2.24) is 0 Å². The lowest BCUT2D eigenvalue weighted by Crippen LogP contribution is -2.48. The number of benzene rings is 1. The second kappa shape index (κ2) is 4.72. The van der Waals surface area contributed by atoms with E-state index >= 15 is 0 Å². The van der Waals surface area contributed by atoms with Gasteiger partial charge < -0.3 is 15.4 Å². The van der Waals surface area contributed by atoms with E-state index in [2.05, 4.69) is 6.58 Å². The number of nitrogens with two attached hydrogens (primary N) is 1. The first-order valence-electron chi connectivity index (χ1n) is 6.03. The molecule has 1 unspecified atom stereocenters. The number of carbonyl (C=O) groups excluding carboxylic acids is 1. The number of amides is 1. The van der Waals surface area contributed by atoms with Crippen molar-refractivity contribution < 1.29 is 9.53 Å². The highest BCUT2D eigenvalue weighted by Gasteiger charge is 2.35. The molecule has 1 aromatic carbocycles. The van der Waals surface area contributed by atoms with Crippen LogP contribution in [0.25, 0.3) is 0 Å². The van der Waals surface area contributed by atoms with Crippen LogP contribution in [0.15, 0.2) is 30.9 Å². The Kier molecular flexibility index (Phi) is 3.28. The highest BCUT2D eigenvalue weighted by atomic mass is 16.5. The molecule has 0 aromatic heterocycles. The molecule has 2 N–H and O–H groups in total. The largest absolute Gasteiger partial charge is 0.478 e. The van der Waals surface area contributed by atoms with Crippen molar-refractivity contribution in [3.63, 3.8) is 0 Å². The lowest BCUT2D eigenvalue weighted by atomic mass is 10.0. The lowest BCUT2D eigenvalue weighted by molar-refractivity contribution is -0.128. The van der Waals surface area contributed by atoms with Crippen LogP contribution in [0.4, 0.5) is 11.4 Å². The SMILES string of the molecule is C=CCN1C(=O)C(C(C)C)Oc2cc(N)ccc21. The molecule has 0 spiro atoms. The number of fused-ring (bicyclic) bond motifs is 1. The van der Waals surface area contributed by atoms with E-state index in [9.17, 15) is 4.79 Å². The number of hydrogen-bond donors (Lipinski definition) is 1. The minimum atomic E-state index is -0.459. The number of anilines is 2. The molecule has 1 aliphatic heterocycles. The Hall–Kier alpha value is -1.97. The van der Waals surface area contributed by atoms with Crippen LogP contribution in [0.3, 0.4) is 0 Å². The van der Waals surface area contributed by atoms with Crippen LogP contribution >= 0.6 is 0 Å². The fourth-order valence-corrected chi connectivity index (χ4v) is 2.05. The van der Waals surface area contributed by atoms with E-state index in [-0.39, 0.29) is 11.8 Å². The molecular weight excluding hydrogens is 228 g/mol. The first-order chi connectivity index (χ1) is 8.54. The summed E-state index contributed by atoms with van der Waals surface area (Å²) in [5.41, 5.74) is 7.14. The fourth-order valence-electron chi connectivity index (χ4n) is 2.05. The predicted molar refractivity (Wildman–Crippen MR) is 72.7 cm³/mol. The van der Waals surface area contributed by atoms with Crippen molar-refractivity contribution in [2.45, 2.75) is 20.0 Å².